The number of anilines is 1. The maximum absolute atomic E-state index is 10.6. The van der Waals surface area contributed by atoms with Crippen molar-refractivity contribution in [2.75, 3.05) is 18.5 Å². The highest BCUT2D eigenvalue weighted by Gasteiger charge is 2.27. The lowest BCUT2D eigenvalue weighted by Gasteiger charge is -2.30. The first-order chi connectivity index (χ1) is 9.15. The van der Waals surface area contributed by atoms with Crippen LogP contribution >= 0.6 is 0 Å². The van der Waals surface area contributed by atoms with Crippen LogP contribution in [0.15, 0.2) is 18.2 Å². The van der Waals surface area contributed by atoms with Crippen LogP contribution in [0.25, 0.3) is 0 Å². The molecule has 0 spiro atoms. The van der Waals surface area contributed by atoms with Gasteiger partial charge in [0.15, 0.2) is 0 Å². The van der Waals surface area contributed by atoms with E-state index < -0.39 is 0 Å². The second-order valence-corrected chi connectivity index (χ2v) is 6.54. The van der Waals surface area contributed by atoms with Gasteiger partial charge in [-0.1, -0.05) is 31.9 Å². The van der Waals surface area contributed by atoms with E-state index in [1.807, 2.05) is 0 Å². The fourth-order valence-electron chi connectivity index (χ4n) is 3.81. The van der Waals surface area contributed by atoms with Gasteiger partial charge in [0, 0.05) is 19.3 Å². The van der Waals surface area contributed by atoms with Crippen LogP contribution in [0.3, 0.4) is 0 Å². The molecule has 1 N–H and O–H groups in total. The van der Waals surface area contributed by atoms with E-state index in [1.165, 1.54) is 36.9 Å². The summed E-state index contributed by atoms with van der Waals surface area (Å²) >= 11 is 0. The minimum absolute atomic E-state index is 0.265. The Labute approximate surface area is 116 Å². The number of aliphatic hydroxyl groups is 1. The molecule has 1 heterocycles. The molecule has 2 nitrogen and oxygen atoms in total. The van der Waals surface area contributed by atoms with Crippen LogP contribution < -0.4 is 4.90 Å². The van der Waals surface area contributed by atoms with Crippen molar-refractivity contribution in [3.63, 3.8) is 0 Å². The van der Waals surface area contributed by atoms with Crippen LogP contribution in [0, 0.1) is 11.8 Å². The van der Waals surface area contributed by atoms with E-state index in [1.54, 1.807) is 0 Å². The summed E-state index contributed by atoms with van der Waals surface area (Å²) in [7, 11) is 2.14. The van der Waals surface area contributed by atoms with Gasteiger partial charge in [0.05, 0.1) is 6.10 Å². The molecule has 0 aromatic heterocycles. The predicted octanol–water partition coefficient (Wildman–Crippen LogP) is 3.54. The highest BCUT2D eigenvalue weighted by Crippen LogP contribution is 2.38. The van der Waals surface area contributed by atoms with Crippen LogP contribution in [0.4, 0.5) is 5.69 Å². The van der Waals surface area contributed by atoms with E-state index in [4.69, 9.17) is 0 Å². The molecular formula is C17H25NO. The van der Waals surface area contributed by atoms with Crippen molar-refractivity contribution in [1.29, 1.82) is 0 Å². The van der Waals surface area contributed by atoms with Crippen molar-refractivity contribution in [3.8, 4) is 0 Å². The maximum Gasteiger partial charge on any atom is 0.0818 e. The van der Waals surface area contributed by atoms with Crippen LogP contribution in [0.2, 0.25) is 0 Å². The second-order valence-electron chi connectivity index (χ2n) is 6.54. The zero-order chi connectivity index (χ0) is 13.4. The van der Waals surface area contributed by atoms with Crippen molar-refractivity contribution < 1.29 is 5.11 Å². The number of nitrogens with zero attached hydrogens (tertiary/aromatic N) is 1. The van der Waals surface area contributed by atoms with E-state index in [2.05, 4.69) is 37.1 Å². The number of hydrogen-bond acceptors (Lipinski definition) is 2. The molecule has 104 valence electrons. The third-order valence-electron chi connectivity index (χ3n) is 5.00. The molecule has 3 unspecified atom stereocenters. The standard InChI is InChI=1S/C17H25NO/c1-12-4-3-5-14(10-12)17(19)15-6-7-16-13(11-15)8-9-18(16)2/h6-7,11-12,14,17,19H,3-5,8-10H2,1-2H3. The molecule has 1 aliphatic heterocycles. The van der Waals surface area contributed by atoms with Gasteiger partial charge in [0.1, 0.15) is 0 Å². The molecule has 2 heteroatoms. The molecule has 3 rings (SSSR count). The maximum atomic E-state index is 10.6. The van der Waals surface area contributed by atoms with Crippen molar-refractivity contribution in [2.45, 2.75) is 45.1 Å². The molecule has 1 saturated carbocycles. The van der Waals surface area contributed by atoms with Crippen LogP contribution in [0.5, 0.6) is 0 Å². The average molecular weight is 259 g/mol. The van der Waals surface area contributed by atoms with Gasteiger partial charge in [-0.15, -0.1) is 0 Å². The summed E-state index contributed by atoms with van der Waals surface area (Å²) in [6.45, 7) is 3.42. The van der Waals surface area contributed by atoms with Gasteiger partial charge in [-0.05, 0) is 48.3 Å². The van der Waals surface area contributed by atoms with E-state index in [9.17, 15) is 5.11 Å². The minimum atomic E-state index is -0.265. The van der Waals surface area contributed by atoms with Crippen LogP contribution in [-0.2, 0) is 6.42 Å². The Kier molecular flexibility index (Phi) is 3.53. The largest absolute Gasteiger partial charge is 0.388 e. The first kappa shape index (κ1) is 13.0. The third kappa shape index (κ3) is 2.51. The Bertz CT molecular complexity index is 457. The molecule has 1 aliphatic carbocycles. The molecule has 1 fully saturated rings. The van der Waals surface area contributed by atoms with Crippen LogP contribution in [0.1, 0.15) is 49.8 Å². The van der Waals surface area contributed by atoms with Crippen molar-refractivity contribution in [3.05, 3.63) is 29.3 Å². The van der Waals surface area contributed by atoms with Gasteiger partial charge in [0.25, 0.3) is 0 Å². The lowest BCUT2D eigenvalue weighted by Crippen LogP contribution is -2.20. The number of benzene rings is 1. The van der Waals surface area contributed by atoms with E-state index >= 15 is 0 Å². The Morgan fingerprint density at radius 2 is 2.16 bits per heavy atom. The molecule has 1 aromatic carbocycles. The van der Waals surface area contributed by atoms with E-state index in [0.717, 1.165) is 24.4 Å². The molecule has 0 saturated heterocycles. The molecule has 0 radical (unpaired) electrons. The van der Waals surface area contributed by atoms with Crippen molar-refractivity contribution in [1.82, 2.24) is 0 Å². The Balaban J connectivity index is 1.78. The smallest absolute Gasteiger partial charge is 0.0818 e. The number of rotatable bonds is 2. The number of aliphatic hydroxyl groups excluding tert-OH is 1. The first-order valence-electron chi connectivity index (χ1n) is 7.67. The number of fused-ring (bicyclic) bond motifs is 1. The zero-order valence-corrected chi connectivity index (χ0v) is 12.1. The summed E-state index contributed by atoms with van der Waals surface area (Å²) in [5.41, 5.74) is 3.88. The Morgan fingerprint density at radius 3 is 2.95 bits per heavy atom. The van der Waals surface area contributed by atoms with Gasteiger partial charge in [-0.3, -0.25) is 0 Å². The summed E-state index contributed by atoms with van der Waals surface area (Å²) in [5, 5.41) is 10.6. The molecule has 3 atom stereocenters. The summed E-state index contributed by atoms with van der Waals surface area (Å²) in [6, 6.07) is 6.56. The van der Waals surface area contributed by atoms with Crippen molar-refractivity contribution >= 4 is 5.69 Å². The SMILES string of the molecule is CC1CCCC(C(O)c2ccc3c(c2)CCN3C)C1. The second kappa shape index (κ2) is 5.16. The topological polar surface area (TPSA) is 23.5 Å². The minimum Gasteiger partial charge on any atom is -0.388 e. The van der Waals surface area contributed by atoms with Gasteiger partial charge in [-0.2, -0.15) is 0 Å². The third-order valence-corrected chi connectivity index (χ3v) is 5.00. The molecule has 0 amide bonds. The van der Waals surface area contributed by atoms with Crippen molar-refractivity contribution in [2.24, 2.45) is 11.8 Å². The van der Waals surface area contributed by atoms with Crippen LogP contribution in [-0.4, -0.2) is 18.7 Å². The Morgan fingerprint density at radius 1 is 1.32 bits per heavy atom. The molecular weight excluding hydrogens is 234 g/mol. The first-order valence-corrected chi connectivity index (χ1v) is 7.67. The molecule has 1 aromatic rings. The van der Waals surface area contributed by atoms with E-state index in [0.29, 0.717) is 5.92 Å². The highest BCUT2D eigenvalue weighted by molar-refractivity contribution is 5.58. The molecule has 19 heavy (non-hydrogen) atoms. The fourth-order valence-corrected chi connectivity index (χ4v) is 3.81. The Hall–Kier alpha value is -1.02. The quantitative estimate of drug-likeness (QED) is 0.878. The number of hydrogen-bond donors (Lipinski definition) is 1. The average Bonchev–Trinajstić information content (AvgIpc) is 2.79. The summed E-state index contributed by atoms with van der Waals surface area (Å²) < 4.78 is 0. The molecule has 2 aliphatic rings. The number of likely N-dealkylation sites (N-methyl/N-ethyl adjacent to an activating group) is 1. The molecule has 0 bridgehead atoms. The van der Waals surface area contributed by atoms with Gasteiger partial charge in [-0.25, -0.2) is 0 Å². The zero-order valence-electron chi connectivity index (χ0n) is 12.1. The van der Waals surface area contributed by atoms with E-state index in [-0.39, 0.29) is 6.10 Å². The van der Waals surface area contributed by atoms with Gasteiger partial charge >= 0.3 is 0 Å². The lowest BCUT2D eigenvalue weighted by atomic mass is 9.78. The summed E-state index contributed by atoms with van der Waals surface area (Å²) in [6.07, 6.45) is 5.82. The van der Waals surface area contributed by atoms with Gasteiger partial charge in [0.2, 0.25) is 0 Å². The van der Waals surface area contributed by atoms with Gasteiger partial charge < -0.3 is 10.0 Å². The highest BCUT2D eigenvalue weighted by atomic mass is 16.3. The predicted molar refractivity (Wildman–Crippen MR) is 79.5 cm³/mol. The fraction of sp³-hybridized carbons (Fsp3) is 0.647. The normalized spacial score (nSPS) is 28.3. The summed E-state index contributed by atoms with van der Waals surface area (Å²) in [5.74, 6) is 1.23. The lowest BCUT2D eigenvalue weighted by molar-refractivity contribution is 0.0714. The summed E-state index contributed by atoms with van der Waals surface area (Å²) in [4.78, 5) is 2.30. The monoisotopic (exact) mass is 259 g/mol.